The minimum Gasteiger partial charge on any atom is -0.468 e. The lowest BCUT2D eigenvalue weighted by Crippen LogP contribution is -2.34. The van der Waals surface area contributed by atoms with Crippen LogP contribution in [0, 0.1) is 0 Å². The Morgan fingerprint density at radius 3 is 2.70 bits per heavy atom. The lowest BCUT2D eigenvalue weighted by molar-refractivity contribution is -0.121. The van der Waals surface area contributed by atoms with Crippen molar-refractivity contribution in [2.24, 2.45) is 0 Å². The van der Waals surface area contributed by atoms with Gasteiger partial charge in [-0.15, -0.1) is 0 Å². The van der Waals surface area contributed by atoms with Crippen molar-refractivity contribution >= 4 is 17.5 Å². The van der Waals surface area contributed by atoms with Crippen LogP contribution in [0.5, 0.6) is 0 Å². The van der Waals surface area contributed by atoms with E-state index >= 15 is 0 Å². The van der Waals surface area contributed by atoms with Gasteiger partial charge in [0.15, 0.2) is 0 Å². The number of nitrogens with one attached hydrogen (secondary N) is 1. The number of carbonyl (C=O) groups is 1. The number of furan rings is 1. The summed E-state index contributed by atoms with van der Waals surface area (Å²) in [5, 5.41) is 7.51. The Bertz CT molecular complexity index is 859. The average molecular weight is 389 g/mol. The molecule has 2 heterocycles. The number of carbonyl (C=O) groups excluding carboxylic acids is 1. The number of likely N-dealkylation sites (N-methyl/N-ethyl adjacent to an activating group) is 1. The number of amides is 1. The zero-order chi connectivity index (χ0) is 19.2. The molecule has 1 N–H and O–H groups in total. The van der Waals surface area contributed by atoms with Gasteiger partial charge >= 0.3 is 0 Å². The van der Waals surface area contributed by atoms with Crippen molar-refractivity contribution < 1.29 is 13.7 Å². The average Bonchev–Trinajstić information content (AvgIpc) is 3.33. The number of aryl methyl sites for hydroxylation is 1. The molecule has 0 aliphatic rings. The summed E-state index contributed by atoms with van der Waals surface area (Å²) >= 11 is 5.88. The van der Waals surface area contributed by atoms with Gasteiger partial charge in [-0.2, -0.15) is 4.98 Å². The first-order chi connectivity index (χ1) is 13.0. The molecule has 27 heavy (non-hydrogen) atoms. The second kappa shape index (κ2) is 8.83. The molecule has 1 atom stereocenters. The third kappa shape index (κ3) is 5.18. The van der Waals surface area contributed by atoms with Crippen LogP contribution in [0.1, 0.15) is 24.1 Å². The van der Waals surface area contributed by atoms with Crippen LogP contribution >= 0.6 is 11.6 Å². The Morgan fingerprint density at radius 1 is 1.26 bits per heavy atom. The Labute approximate surface area is 162 Å². The van der Waals surface area contributed by atoms with Crippen LogP contribution in [-0.2, 0) is 11.2 Å². The van der Waals surface area contributed by atoms with Crippen LogP contribution in [0.15, 0.2) is 51.6 Å². The molecule has 0 aliphatic heterocycles. The van der Waals surface area contributed by atoms with E-state index in [0.29, 0.717) is 29.7 Å². The summed E-state index contributed by atoms with van der Waals surface area (Å²) < 4.78 is 10.7. The number of benzene rings is 1. The second-order valence-electron chi connectivity index (χ2n) is 6.32. The van der Waals surface area contributed by atoms with Gasteiger partial charge in [0.05, 0.1) is 12.3 Å². The van der Waals surface area contributed by atoms with E-state index in [2.05, 4.69) is 15.5 Å². The van der Waals surface area contributed by atoms with Crippen molar-refractivity contribution in [3.05, 3.63) is 59.3 Å². The number of hydrogen-bond acceptors (Lipinski definition) is 6. The first-order valence-electron chi connectivity index (χ1n) is 8.58. The lowest BCUT2D eigenvalue weighted by atomic mass is 10.2. The molecule has 0 saturated heterocycles. The molecule has 0 bridgehead atoms. The van der Waals surface area contributed by atoms with Gasteiger partial charge in [0.25, 0.3) is 0 Å². The molecule has 0 saturated carbocycles. The molecule has 1 amide bonds. The maximum absolute atomic E-state index is 12.2. The normalized spacial score (nSPS) is 12.3. The van der Waals surface area contributed by atoms with Crippen LogP contribution < -0.4 is 5.32 Å². The Morgan fingerprint density at radius 2 is 2.04 bits per heavy atom. The van der Waals surface area contributed by atoms with Crippen LogP contribution in [0.4, 0.5) is 0 Å². The van der Waals surface area contributed by atoms with E-state index in [-0.39, 0.29) is 18.4 Å². The van der Waals surface area contributed by atoms with Crippen LogP contribution in [-0.4, -0.2) is 41.6 Å². The van der Waals surface area contributed by atoms with Gasteiger partial charge in [0.2, 0.25) is 17.6 Å². The Balaban J connectivity index is 1.50. The summed E-state index contributed by atoms with van der Waals surface area (Å²) in [6.45, 7) is 0.458. The minimum atomic E-state index is -0.0837. The van der Waals surface area contributed by atoms with Crippen molar-refractivity contribution in [3.63, 3.8) is 0 Å². The second-order valence-corrected chi connectivity index (χ2v) is 6.75. The highest BCUT2D eigenvalue weighted by Gasteiger charge is 2.18. The van der Waals surface area contributed by atoms with E-state index in [1.165, 1.54) is 0 Å². The zero-order valence-electron chi connectivity index (χ0n) is 15.2. The van der Waals surface area contributed by atoms with Gasteiger partial charge in [0.1, 0.15) is 5.76 Å². The van der Waals surface area contributed by atoms with Gasteiger partial charge in [-0.3, -0.25) is 9.69 Å². The smallest absolute Gasteiger partial charge is 0.227 e. The lowest BCUT2D eigenvalue weighted by Gasteiger charge is -2.22. The highest BCUT2D eigenvalue weighted by atomic mass is 35.5. The van der Waals surface area contributed by atoms with Crippen molar-refractivity contribution in [2.45, 2.75) is 18.9 Å². The Hall–Kier alpha value is -2.64. The quantitative estimate of drug-likeness (QED) is 0.637. The predicted molar refractivity (Wildman–Crippen MR) is 101 cm³/mol. The molecular formula is C19H21ClN4O3. The van der Waals surface area contributed by atoms with Crippen molar-refractivity contribution in [2.75, 3.05) is 20.6 Å². The highest BCUT2D eigenvalue weighted by molar-refractivity contribution is 6.30. The SMILES string of the molecule is CN(C)C(CNC(=O)CCc1nc(-c2ccc(Cl)cc2)no1)c1ccco1. The van der Waals surface area contributed by atoms with E-state index < -0.39 is 0 Å². The zero-order valence-corrected chi connectivity index (χ0v) is 15.9. The summed E-state index contributed by atoms with van der Waals surface area (Å²) in [5.74, 6) is 1.63. The van der Waals surface area contributed by atoms with E-state index in [1.807, 2.05) is 43.3 Å². The molecule has 1 unspecified atom stereocenters. The van der Waals surface area contributed by atoms with Crippen LogP contribution in [0.3, 0.4) is 0 Å². The summed E-state index contributed by atoms with van der Waals surface area (Å²) in [4.78, 5) is 18.5. The molecule has 0 radical (unpaired) electrons. The van der Waals surface area contributed by atoms with Gasteiger partial charge < -0.3 is 14.3 Å². The molecular weight excluding hydrogens is 368 g/mol. The molecule has 0 fully saturated rings. The van der Waals surface area contributed by atoms with E-state index in [4.69, 9.17) is 20.5 Å². The summed E-state index contributed by atoms with van der Waals surface area (Å²) in [5.41, 5.74) is 0.811. The number of nitrogens with zero attached hydrogens (tertiary/aromatic N) is 3. The van der Waals surface area contributed by atoms with Gasteiger partial charge in [-0.1, -0.05) is 16.8 Å². The Kier molecular flexibility index (Phi) is 6.26. The standard InChI is InChI=1S/C19H21ClN4O3/c1-24(2)15(16-4-3-11-26-16)12-21-17(25)9-10-18-22-19(23-27-18)13-5-7-14(20)8-6-13/h3-8,11,15H,9-10,12H2,1-2H3,(H,21,25). The summed E-state index contributed by atoms with van der Waals surface area (Å²) in [7, 11) is 3.88. The number of rotatable bonds is 8. The number of aromatic nitrogens is 2. The number of hydrogen-bond donors (Lipinski definition) is 1. The van der Waals surface area contributed by atoms with Crippen LogP contribution in [0.2, 0.25) is 5.02 Å². The predicted octanol–water partition coefficient (Wildman–Crippen LogP) is 3.33. The third-order valence-electron chi connectivity index (χ3n) is 4.12. The molecule has 7 nitrogen and oxygen atoms in total. The molecule has 1 aromatic carbocycles. The third-order valence-corrected chi connectivity index (χ3v) is 4.38. The van der Waals surface area contributed by atoms with E-state index in [1.54, 1.807) is 18.4 Å². The van der Waals surface area contributed by atoms with Gasteiger partial charge in [-0.05, 0) is 50.5 Å². The summed E-state index contributed by atoms with van der Waals surface area (Å²) in [6.07, 6.45) is 2.27. The van der Waals surface area contributed by atoms with Crippen molar-refractivity contribution in [1.29, 1.82) is 0 Å². The fraction of sp³-hybridized carbons (Fsp3) is 0.316. The summed E-state index contributed by atoms with van der Waals surface area (Å²) in [6, 6.07) is 10.9. The molecule has 3 aromatic rings. The van der Waals surface area contributed by atoms with Crippen LogP contribution in [0.25, 0.3) is 11.4 Å². The van der Waals surface area contributed by atoms with Gasteiger partial charge in [0, 0.05) is 30.0 Å². The molecule has 0 aliphatic carbocycles. The molecule has 0 spiro atoms. The largest absolute Gasteiger partial charge is 0.468 e. The maximum Gasteiger partial charge on any atom is 0.227 e. The first-order valence-corrected chi connectivity index (χ1v) is 8.96. The van der Waals surface area contributed by atoms with E-state index in [0.717, 1.165) is 11.3 Å². The van der Waals surface area contributed by atoms with E-state index in [9.17, 15) is 4.79 Å². The van der Waals surface area contributed by atoms with Crippen molar-refractivity contribution in [3.8, 4) is 11.4 Å². The fourth-order valence-electron chi connectivity index (χ4n) is 2.61. The number of halogens is 1. The molecule has 8 heteroatoms. The van der Waals surface area contributed by atoms with Gasteiger partial charge in [-0.25, -0.2) is 0 Å². The topological polar surface area (TPSA) is 84.4 Å². The molecule has 2 aromatic heterocycles. The first kappa shape index (κ1) is 19.1. The monoisotopic (exact) mass is 388 g/mol. The molecule has 142 valence electrons. The van der Waals surface area contributed by atoms with Crippen molar-refractivity contribution in [1.82, 2.24) is 20.4 Å². The fourth-order valence-corrected chi connectivity index (χ4v) is 2.74. The minimum absolute atomic E-state index is 0.0242. The highest BCUT2D eigenvalue weighted by Crippen LogP contribution is 2.19. The molecule has 3 rings (SSSR count). The maximum atomic E-state index is 12.2.